The van der Waals surface area contributed by atoms with Gasteiger partial charge in [0.15, 0.2) is 0 Å². The van der Waals surface area contributed by atoms with E-state index in [0.29, 0.717) is 10.9 Å². The van der Waals surface area contributed by atoms with Gasteiger partial charge in [0.2, 0.25) is 0 Å². The van der Waals surface area contributed by atoms with E-state index in [2.05, 4.69) is 23.8 Å². The normalized spacial score (nSPS) is 12.4. The van der Waals surface area contributed by atoms with Crippen LogP contribution in [-0.2, 0) is 0 Å². The first-order chi connectivity index (χ1) is 6.63. The zero-order valence-electron chi connectivity index (χ0n) is 8.32. The number of aromatic nitrogens is 2. The number of hydrogen-bond acceptors (Lipinski definition) is 4. The molecule has 0 amide bonds. The molecule has 0 aliphatic carbocycles. The molecule has 76 valence electrons. The summed E-state index contributed by atoms with van der Waals surface area (Å²) in [5.41, 5.74) is 5.69. The maximum Gasteiger partial charge on any atom is 0.143 e. The van der Waals surface area contributed by atoms with E-state index in [0.717, 1.165) is 11.4 Å². The van der Waals surface area contributed by atoms with Crippen LogP contribution in [0.1, 0.15) is 26.0 Å². The van der Waals surface area contributed by atoms with Crippen LogP contribution in [0.2, 0.25) is 0 Å². The van der Waals surface area contributed by atoms with Crippen molar-refractivity contribution >= 4 is 17.6 Å². The number of hydrogen-bond donors (Lipinski definition) is 2. The first kappa shape index (κ1) is 11.0. The lowest BCUT2D eigenvalue weighted by Gasteiger charge is -2.06. The summed E-state index contributed by atoms with van der Waals surface area (Å²) in [6.07, 6.45) is 4.29. The molecular weight excluding hydrogens is 196 g/mol. The Morgan fingerprint density at radius 1 is 1.57 bits per heavy atom. The highest BCUT2D eigenvalue weighted by Gasteiger charge is 2.04. The minimum atomic E-state index is -0.0439. The fraction of sp³-hybridized carbons (Fsp3) is 0.444. The summed E-state index contributed by atoms with van der Waals surface area (Å²) < 4.78 is 0. The first-order valence-corrected chi connectivity index (χ1v) is 5.34. The predicted molar refractivity (Wildman–Crippen MR) is 58.7 cm³/mol. The number of thioether (sulfide) groups is 1. The maximum atomic E-state index is 7.15. The zero-order chi connectivity index (χ0) is 10.6. The van der Waals surface area contributed by atoms with Gasteiger partial charge in [-0.2, -0.15) is 0 Å². The number of nitrogens with zero attached hydrogens (tertiary/aromatic N) is 2. The molecule has 0 aromatic carbocycles. The van der Waals surface area contributed by atoms with Crippen LogP contribution in [0.3, 0.4) is 0 Å². The van der Waals surface area contributed by atoms with Crippen molar-refractivity contribution in [3.8, 4) is 0 Å². The topological polar surface area (TPSA) is 75.7 Å². The van der Waals surface area contributed by atoms with Crippen molar-refractivity contribution in [1.29, 1.82) is 5.41 Å². The van der Waals surface area contributed by atoms with E-state index in [9.17, 15) is 0 Å². The fourth-order valence-corrected chi connectivity index (χ4v) is 1.61. The molecule has 1 rings (SSSR count). The summed E-state index contributed by atoms with van der Waals surface area (Å²) in [6.45, 7) is 4.28. The van der Waals surface area contributed by atoms with Crippen molar-refractivity contribution in [2.24, 2.45) is 5.73 Å². The number of amidine groups is 1. The van der Waals surface area contributed by atoms with Crippen LogP contribution in [0.5, 0.6) is 0 Å². The monoisotopic (exact) mass is 210 g/mol. The zero-order valence-corrected chi connectivity index (χ0v) is 9.14. The van der Waals surface area contributed by atoms with Gasteiger partial charge >= 0.3 is 0 Å². The van der Waals surface area contributed by atoms with Gasteiger partial charge in [0.25, 0.3) is 0 Å². The summed E-state index contributed by atoms with van der Waals surface area (Å²) in [5.74, 6) is -0.0439. The third kappa shape index (κ3) is 2.99. The van der Waals surface area contributed by atoms with E-state index in [1.807, 2.05) is 0 Å². The van der Waals surface area contributed by atoms with Crippen molar-refractivity contribution in [2.75, 3.05) is 0 Å². The third-order valence-corrected chi connectivity index (χ3v) is 2.99. The van der Waals surface area contributed by atoms with Gasteiger partial charge in [-0.15, -0.1) is 11.8 Å². The molecule has 1 aromatic rings. The molecule has 4 nitrogen and oxygen atoms in total. The van der Waals surface area contributed by atoms with Crippen LogP contribution in [-0.4, -0.2) is 21.1 Å². The van der Waals surface area contributed by atoms with Gasteiger partial charge in [0, 0.05) is 5.25 Å². The Morgan fingerprint density at radius 2 is 2.29 bits per heavy atom. The van der Waals surface area contributed by atoms with Crippen LogP contribution in [0.4, 0.5) is 0 Å². The number of rotatable bonds is 4. The standard InChI is InChI=1S/C9H14N4S/c1-3-6(2)14-8-5-12-7(4-13-8)9(10)11/h4-6H,3H2,1-2H3,(H3,10,11). The van der Waals surface area contributed by atoms with Crippen molar-refractivity contribution < 1.29 is 0 Å². The van der Waals surface area contributed by atoms with E-state index < -0.39 is 0 Å². The summed E-state index contributed by atoms with van der Waals surface area (Å²) >= 11 is 1.68. The van der Waals surface area contributed by atoms with E-state index in [1.54, 1.807) is 18.0 Å². The molecule has 5 heteroatoms. The lowest BCUT2D eigenvalue weighted by Crippen LogP contribution is -2.13. The number of nitrogens with one attached hydrogen (secondary N) is 1. The molecule has 0 radical (unpaired) electrons. The Hall–Kier alpha value is -1.10. The fourth-order valence-electron chi connectivity index (χ4n) is 0.806. The molecule has 1 heterocycles. The second-order valence-corrected chi connectivity index (χ2v) is 4.45. The van der Waals surface area contributed by atoms with Crippen LogP contribution < -0.4 is 5.73 Å². The van der Waals surface area contributed by atoms with Gasteiger partial charge < -0.3 is 5.73 Å². The Kier molecular flexibility index (Phi) is 3.88. The van der Waals surface area contributed by atoms with E-state index >= 15 is 0 Å². The van der Waals surface area contributed by atoms with E-state index in [-0.39, 0.29) is 5.84 Å². The summed E-state index contributed by atoms with van der Waals surface area (Å²) in [7, 11) is 0. The van der Waals surface area contributed by atoms with Crippen LogP contribution >= 0.6 is 11.8 Å². The smallest absolute Gasteiger partial charge is 0.143 e. The maximum absolute atomic E-state index is 7.15. The molecule has 0 spiro atoms. The van der Waals surface area contributed by atoms with Crippen molar-refractivity contribution in [1.82, 2.24) is 9.97 Å². The van der Waals surface area contributed by atoms with Crippen molar-refractivity contribution in [3.05, 3.63) is 18.1 Å². The molecule has 0 fully saturated rings. The quantitative estimate of drug-likeness (QED) is 0.450. The lowest BCUT2D eigenvalue weighted by molar-refractivity contribution is 0.898. The molecule has 1 unspecified atom stereocenters. The molecule has 1 atom stereocenters. The van der Waals surface area contributed by atoms with Gasteiger partial charge in [-0.25, -0.2) is 9.97 Å². The molecular formula is C9H14N4S. The lowest BCUT2D eigenvalue weighted by atomic mass is 10.4. The van der Waals surface area contributed by atoms with Crippen molar-refractivity contribution in [2.45, 2.75) is 30.5 Å². The third-order valence-electron chi connectivity index (χ3n) is 1.80. The Bertz CT molecular complexity index is 309. The number of nitrogens with two attached hydrogens (primary N) is 1. The number of nitrogen functional groups attached to an aromatic ring is 1. The molecule has 0 saturated carbocycles. The highest BCUT2D eigenvalue weighted by atomic mass is 32.2. The van der Waals surface area contributed by atoms with E-state index in [4.69, 9.17) is 11.1 Å². The van der Waals surface area contributed by atoms with Gasteiger partial charge in [0.05, 0.1) is 12.4 Å². The molecule has 14 heavy (non-hydrogen) atoms. The van der Waals surface area contributed by atoms with Crippen LogP contribution in [0.15, 0.2) is 17.4 Å². The van der Waals surface area contributed by atoms with Crippen molar-refractivity contribution in [3.63, 3.8) is 0 Å². The minimum Gasteiger partial charge on any atom is -0.382 e. The SMILES string of the molecule is CCC(C)Sc1cnc(C(=N)N)cn1. The largest absolute Gasteiger partial charge is 0.382 e. The highest BCUT2D eigenvalue weighted by Crippen LogP contribution is 2.21. The molecule has 0 aliphatic rings. The second-order valence-electron chi connectivity index (χ2n) is 2.99. The van der Waals surface area contributed by atoms with Crippen LogP contribution in [0.25, 0.3) is 0 Å². The Morgan fingerprint density at radius 3 is 2.71 bits per heavy atom. The van der Waals surface area contributed by atoms with Gasteiger partial charge in [-0.3, -0.25) is 5.41 Å². The van der Waals surface area contributed by atoms with Gasteiger partial charge in [0.1, 0.15) is 16.6 Å². The Balaban J connectivity index is 2.68. The Labute approximate surface area is 87.8 Å². The average molecular weight is 210 g/mol. The van der Waals surface area contributed by atoms with E-state index in [1.165, 1.54) is 6.20 Å². The second kappa shape index (κ2) is 4.95. The van der Waals surface area contributed by atoms with Gasteiger partial charge in [-0.1, -0.05) is 13.8 Å². The minimum absolute atomic E-state index is 0.0439. The molecule has 3 N–H and O–H groups in total. The molecule has 0 aliphatic heterocycles. The summed E-state index contributed by atoms with van der Waals surface area (Å²) in [4.78, 5) is 8.20. The average Bonchev–Trinajstić information content (AvgIpc) is 2.18. The summed E-state index contributed by atoms with van der Waals surface area (Å²) in [6, 6.07) is 0. The highest BCUT2D eigenvalue weighted by molar-refractivity contribution is 7.99. The molecule has 1 aromatic heterocycles. The first-order valence-electron chi connectivity index (χ1n) is 4.46. The van der Waals surface area contributed by atoms with Crippen LogP contribution in [0, 0.1) is 5.41 Å². The van der Waals surface area contributed by atoms with Gasteiger partial charge in [-0.05, 0) is 6.42 Å². The summed E-state index contributed by atoms with van der Waals surface area (Å²) in [5, 5.41) is 8.57. The molecule has 0 saturated heterocycles. The molecule has 0 bridgehead atoms. The predicted octanol–water partition coefficient (Wildman–Crippen LogP) is 1.65.